The second-order valence-corrected chi connectivity index (χ2v) is 3.87. The van der Waals surface area contributed by atoms with Crippen molar-refractivity contribution in [1.29, 1.82) is 0 Å². The van der Waals surface area contributed by atoms with Crippen LogP contribution in [-0.2, 0) is 13.6 Å². The molecule has 17 heavy (non-hydrogen) atoms. The van der Waals surface area contributed by atoms with E-state index in [1.54, 1.807) is 17.9 Å². The molecule has 0 fully saturated rings. The summed E-state index contributed by atoms with van der Waals surface area (Å²) in [5.74, 6) is 0.749. The molecule has 5 nitrogen and oxygen atoms in total. The van der Waals surface area contributed by atoms with E-state index in [0.717, 1.165) is 17.0 Å². The lowest BCUT2D eigenvalue weighted by atomic mass is 10.2. The monoisotopic (exact) mass is 232 g/mol. The fraction of sp³-hybridized carbons (Fsp3) is 0.250. The molecule has 0 saturated carbocycles. The van der Waals surface area contributed by atoms with Gasteiger partial charge in [0, 0.05) is 48.9 Å². The van der Waals surface area contributed by atoms with Crippen molar-refractivity contribution in [1.82, 2.24) is 9.78 Å². The Bertz CT molecular complexity index is 507. The molecule has 0 unspecified atom stereocenters. The molecular weight excluding hydrogens is 216 g/mol. The summed E-state index contributed by atoms with van der Waals surface area (Å²) in [7, 11) is 3.52. The molecule has 2 rings (SSSR count). The van der Waals surface area contributed by atoms with Gasteiger partial charge in [0.15, 0.2) is 0 Å². The highest BCUT2D eigenvalue weighted by molar-refractivity contribution is 5.59. The third-order valence-corrected chi connectivity index (χ3v) is 2.42. The molecule has 0 radical (unpaired) electrons. The molecule has 1 aromatic carbocycles. The third kappa shape index (κ3) is 2.90. The lowest BCUT2D eigenvalue weighted by Gasteiger charge is -2.08. The molecular formula is C12H16N4O. The largest absolute Gasteiger partial charge is 0.497 e. The van der Waals surface area contributed by atoms with Crippen molar-refractivity contribution in [2.45, 2.75) is 6.54 Å². The van der Waals surface area contributed by atoms with Gasteiger partial charge in [0.05, 0.1) is 13.3 Å². The fourth-order valence-electron chi connectivity index (χ4n) is 1.61. The first kappa shape index (κ1) is 11.3. The van der Waals surface area contributed by atoms with Crippen LogP contribution in [0.25, 0.3) is 0 Å². The topological polar surface area (TPSA) is 65.1 Å². The number of nitrogen functional groups attached to an aromatic ring is 1. The van der Waals surface area contributed by atoms with Crippen LogP contribution in [0.4, 0.5) is 11.4 Å². The Kier molecular flexibility index (Phi) is 3.18. The molecule has 0 aliphatic heterocycles. The number of methoxy groups -OCH3 is 1. The van der Waals surface area contributed by atoms with Crippen molar-refractivity contribution < 1.29 is 4.74 Å². The molecule has 0 amide bonds. The maximum Gasteiger partial charge on any atom is 0.122 e. The van der Waals surface area contributed by atoms with Crippen molar-refractivity contribution in [2.24, 2.45) is 7.05 Å². The van der Waals surface area contributed by atoms with Gasteiger partial charge in [0.1, 0.15) is 5.75 Å². The number of benzene rings is 1. The quantitative estimate of drug-likeness (QED) is 0.786. The van der Waals surface area contributed by atoms with E-state index in [1.807, 2.05) is 31.6 Å². The summed E-state index contributed by atoms with van der Waals surface area (Å²) in [4.78, 5) is 0. The minimum atomic E-state index is 0.679. The highest BCUT2D eigenvalue weighted by Gasteiger charge is 2.00. The summed E-state index contributed by atoms with van der Waals surface area (Å²) >= 11 is 0. The van der Waals surface area contributed by atoms with E-state index in [9.17, 15) is 0 Å². The van der Waals surface area contributed by atoms with E-state index >= 15 is 0 Å². The average Bonchev–Trinajstić information content (AvgIpc) is 2.72. The summed E-state index contributed by atoms with van der Waals surface area (Å²) in [6.45, 7) is 0.709. The van der Waals surface area contributed by atoms with Gasteiger partial charge in [-0.1, -0.05) is 0 Å². The molecule has 2 aromatic rings. The van der Waals surface area contributed by atoms with Crippen LogP contribution >= 0.6 is 0 Å². The van der Waals surface area contributed by atoms with Crippen LogP contribution < -0.4 is 15.8 Å². The Balaban J connectivity index is 2.05. The summed E-state index contributed by atoms with van der Waals surface area (Å²) < 4.78 is 6.93. The molecule has 0 spiro atoms. The summed E-state index contributed by atoms with van der Waals surface area (Å²) in [6, 6.07) is 5.57. The zero-order chi connectivity index (χ0) is 12.3. The minimum absolute atomic E-state index is 0.679. The van der Waals surface area contributed by atoms with E-state index in [1.165, 1.54) is 0 Å². The number of nitrogens with zero attached hydrogens (tertiary/aromatic N) is 2. The number of hydrogen-bond donors (Lipinski definition) is 2. The molecule has 0 saturated heterocycles. The van der Waals surface area contributed by atoms with Gasteiger partial charge < -0.3 is 15.8 Å². The number of aromatic nitrogens is 2. The van der Waals surface area contributed by atoms with Crippen molar-refractivity contribution in [3.05, 3.63) is 36.2 Å². The Hall–Kier alpha value is -2.17. The first-order chi connectivity index (χ1) is 8.17. The Morgan fingerprint density at radius 3 is 2.88 bits per heavy atom. The van der Waals surface area contributed by atoms with E-state index in [0.29, 0.717) is 12.2 Å². The van der Waals surface area contributed by atoms with Gasteiger partial charge in [-0.05, 0) is 6.07 Å². The molecule has 1 heterocycles. The summed E-state index contributed by atoms with van der Waals surface area (Å²) in [5, 5.41) is 7.38. The van der Waals surface area contributed by atoms with Crippen LogP contribution in [0.2, 0.25) is 0 Å². The maximum atomic E-state index is 5.77. The fourth-order valence-corrected chi connectivity index (χ4v) is 1.61. The molecule has 0 bridgehead atoms. The number of aryl methyl sites for hydroxylation is 1. The Morgan fingerprint density at radius 2 is 2.24 bits per heavy atom. The number of anilines is 2. The van der Waals surface area contributed by atoms with Crippen molar-refractivity contribution in [2.75, 3.05) is 18.2 Å². The van der Waals surface area contributed by atoms with Crippen LogP contribution in [0.15, 0.2) is 30.6 Å². The molecule has 90 valence electrons. The number of hydrogen-bond acceptors (Lipinski definition) is 4. The Labute approximate surface area is 100 Å². The second-order valence-electron chi connectivity index (χ2n) is 3.87. The standard InChI is InChI=1S/C12H16N4O/c1-16-8-9(7-15-16)6-14-11-3-10(13)4-12(5-11)17-2/h3-5,7-8,14H,6,13H2,1-2H3. The summed E-state index contributed by atoms with van der Waals surface area (Å²) in [6.07, 6.45) is 3.80. The van der Waals surface area contributed by atoms with E-state index in [2.05, 4.69) is 10.4 Å². The summed E-state index contributed by atoms with van der Waals surface area (Å²) in [5.41, 5.74) is 8.51. The molecule has 1 aromatic heterocycles. The van der Waals surface area contributed by atoms with Gasteiger partial charge in [-0.2, -0.15) is 5.10 Å². The third-order valence-electron chi connectivity index (χ3n) is 2.42. The van der Waals surface area contributed by atoms with Crippen molar-refractivity contribution in [3.8, 4) is 5.75 Å². The lowest BCUT2D eigenvalue weighted by Crippen LogP contribution is -2.00. The molecule has 3 N–H and O–H groups in total. The zero-order valence-corrected chi connectivity index (χ0v) is 9.97. The minimum Gasteiger partial charge on any atom is -0.497 e. The number of nitrogens with one attached hydrogen (secondary N) is 1. The van der Waals surface area contributed by atoms with Crippen molar-refractivity contribution >= 4 is 11.4 Å². The maximum absolute atomic E-state index is 5.77. The zero-order valence-electron chi connectivity index (χ0n) is 9.97. The van der Waals surface area contributed by atoms with Gasteiger partial charge in [0.2, 0.25) is 0 Å². The Morgan fingerprint density at radius 1 is 1.41 bits per heavy atom. The highest BCUT2D eigenvalue weighted by atomic mass is 16.5. The first-order valence-corrected chi connectivity index (χ1v) is 5.33. The van der Waals surface area contributed by atoms with Gasteiger partial charge in [-0.3, -0.25) is 4.68 Å². The van der Waals surface area contributed by atoms with Crippen LogP contribution in [0.3, 0.4) is 0 Å². The van der Waals surface area contributed by atoms with Crippen molar-refractivity contribution in [3.63, 3.8) is 0 Å². The van der Waals surface area contributed by atoms with Gasteiger partial charge >= 0.3 is 0 Å². The van der Waals surface area contributed by atoms with E-state index < -0.39 is 0 Å². The second kappa shape index (κ2) is 4.78. The van der Waals surface area contributed by atoms with Gasteiger partial charge in [-0.15, -0.1) is 0 Å². The van der Waals surface area contributed by atoms with Crippen LogP contribution in [0.5, 0.6) is 5.75 Å². The lowest BCUT2D eigenvalue weighted by molar-refractivity contribution is 0.415. The molecule has 5 heteroatoms. The smallest absolute Gasteiger partial charge is 0.122 e. The van der Waals surface area contributed by atoms with Gasteiger partial charge in [0.25, 0.3) is 0 Å². The predicted octanol–water partition coefficient (Wildman–Crippen LogP) is 1.62. The average molecular weight is 232 g/mol. The number of rotatable bonds is 4. The molecule has 0 aliphatic rings. The number of ether oxygens (including phenoxy) is 1. The number of nitrogens with two attached hydrogens (primary N) is 1. The SMILES string of the molecule is COc1cc(N)cc(NCc2cnn(C)c2)c1. The highest BCUT2D eigenvalue weighted by Crippen LogP contribution is 2.22. The molecule has 0 aliphatic carbocycles. The van der Waals surface area contributed by atoms with E-state index in [4.69, 9.17) is 10.5 Å². The first-order valence-electron chi connectivity index (χ1n) is 5.33. The molecule has 0 atom stereocenters. The van der Waals surface area contributed by atoms with Gasteiger partial charge in [-0.25, -0.2) is 0 Å². The van der Waals surface area contributed by atoms with E-state index in [-0.39, 0.29) is 0 Å². The predicted molar refractivity (Wildman–Crippen MR) is 67.9 cm³/mol. The normalized spacial score (nSPS) is 10.2. The van der Waals surface area contributed by atoms with Crippen LogP contribution in [-0.4, -0.2) is 16.9 Å². The van der Waals surface area contributed by atoms with Crippen LogP contribution in [0.1, 0.15) is 5.56 Å². The van der Waals surface area contributed by atoms with Crippen LogP contribution in [0, 0.1) is 0 Å².